The van der Waals surface area contributed by atoms with E-state index in [0.717, 1.165) is 27.7 Å². The fourth-order valence-electron chi connectivity index (χ4n) is 17.6. The molecule has 0 aromatic carbocycles. The van der Waals surface area contributed by atoms with Crippen LogP contribution in [0.15, 0.2) is 0 Å². The number of rotatable bonds is 59. The van der Waals surface area contributed by atoms with Crippen LogP contribution in [0.4, 0.5) is 4.79 Å². The zero-order valence-corrected chi connectivity index (χ0v) is 82.6. The maximum absolute atomic E-state index is 13.2. The lowest BCUT2D eigenvalue weighted by Gasteiger charge is -2.51. The summed E-state index contributed by atoms with van der Waals surface area (Å²) in [5.74, 6) is -15.0. The molecule has 0 bridgehead atoms. The second-order valence-corrected chi connectivity index (χ2v) is 36.8. The fraction of sp³-hybridized carbons (Fsp3) is 0.885. The molecule has 8 aliphatic heterocycles. The first kappa shape index (κ1) is 127. The molecule has 8 saturated heterocycles. The summed E-state index contributed by atoms with van der Waals surface area (Å²) < 4.78 is 117. The molecule has 8 aliphatic rings. The Kier molecular flexibility index (Phi) is 52.3. The van der Waals surface area contributed by atoms with Gasteiger partial charge >= 0.3 is 18.0 Å². The van der Waals surface area contributed by atoms with E-state index in [0.29, 0.717) is 25.7 Å². The molecule has 0 saturated carbocycles. The summed E-state index contributed by atoms with van der Waals surface area (Å²) in [5, 5.41) is 281. The van der Waals surface area contributed by atoms with E-state index < -0.39 is 363 Å². The summed E-state index contributed by atoms with van der Waals surface area (Å²) in [6, 6.07) is -6.48. The molecule has 0 aromatic rings. The van der Waals surface area contributed by atoms with Crippen LogP contribution >= 0.6 is 0 Å². The van der Waals surface area contributed by atoms with Gasteiger partial charge in [0.05, 0.1) is 109 Å². The summed E-state index contributed by atoms with van der Waals surface area (Å²) in [6.45, 7) is -0.239. The van der Waals surface area contributed by atoms with Gasteiger partial charge in [-0.2, -0.15) is 0 Å². The largest absolute Gasteiger partial charge is 0.477 e. The van der Waals surface area contributed by atoms with Gasteiger partial charge in [0, 0.05) is 92.8 Å². The van der Waals surface area contributed by atoms with Gasteiger partial charge in [-0.1, -0.05) is 12.8 Å². The average molecular weight is 2170 g/mol. The number of carboxylic acid groups (broad SMARTS) is 2. The predicted octanol–water partition coefficient (Wildman–Crippen LogP) is -17.1. The molecule has 8 rings (SSSR count). The number of hydrogen-bond donors (Lipinski definition) is 32. The van der Waals surface area contributed by atoms with E-state index in [2.05, 4.69) is 42.5 Å². The Bertz CT molecular complexity index is 3860. The van der Waals surface area contributed by atoms with Crippen LogP contribution in [0.5, 0.6) is 0 Å². The van der Waals surface area contributed by atoms with Crippen LogP contribution in [0.25, 0.3) is 0 Å². The standard InChI is InChI=1S/C87H148N8O54/c1-36-57(113)63(119)65(121)79(136-36)144-73-55(94-40(5)104)77(140-48(33-100)69(73)142-81-67(123)75(61(117)46(31-98)138-81)148-86(83(125)126)27-42(106)53(92-38(3)102)71(146-86)59(115)44(108)29-96)133-19-11-7-9-13-50(110)88-15-16-90-52(112)35-132-24-23-130-21-22-131-25-26-135-85(129)91-18-17-89-51(111)14-10-8-12-20-134-78-56(95-41(6)105)74(145-80-66(122)64(120)58(114)37(2)137-80)70(49(34-101)141-78)143-82-68(124)76(62(118)47(32-99)139-82)149-87(84(127)128)28-43(107)54(93-39(4)103)72(147-87)60(116)45(109)30-97/h36-37,42-49,53-82,96-101,106-109,113-124H,7-35H2,1-6H3,(H,88,110)(H,89,111)(H,90,112)(H,91,129)(H,92,102)(H,93,103)(H,94,104)(H,95,105)(H,125,126)(H,127,128)/t36-,37-,42-,43-,44?,45?,46+,47+,48+,49+,53+,54+,55+,56+,57+,58+,59?,60?,61-,62-,63+,64+,65-,66-,67+,68+,69+,70+,71+,72+,73+,74+,75-,76-,77+,78+,79-,80-,81-,82-,86-,87-/m0/s1. The lowest BCUT2D eigenvalue weighted by atomic mass is 9.88. The summed E-state index contributed by atoms with van der Waals surface area (Å²) >= 11 is 0. The highest BCUT2D eigenvalue weighted by atomic mass is 16.8. The Morgan fingerprint density at radius 2 is 0.671 bits per heavy atom. The molecule has 0 aliphatic carbocycles. The number of ether oxygens (including phenoxy) is 20. The van der Waals surface area contributed by atoms with Crippen molar-refractivity contribution in [1.29, 1.82) is 0 Å². The van der Waals surface area contributed by atoms with E-state index in [-0.39, 0.29) is 117 Å². The number of carboxylic acids is 2. The molecular weight excluding hydrogens is 2020 g/mol. The number of hydrogen-bond acceptors (Lipinski definition) is 52. The number of aliphatic hydroxyl groups excluding tert-OH is 22. The van der Waals surface area contributed by atoms with Crippen LogP contribution in [0.1, 0.15) is 106 Å². The van der Waals surface area contributed by atoms with Crippen LogP contribution in [0.2, 0.25) is 0 Å². The molecule has 32 N–H and O–H groups in total. The minimum absolute atomic E-state index is 0.00881. The Hall–Kier alpha value is -7.14. The SMILES string of the molecule is CC(=O)N[C@@H]1[C@@H](O)C[C@](O[C@H]2[C@@H](O)[C@@H](CO)O[C@@H](O[C@H]3[C@H](O[C@@H]4O[C@@H](C)[C@@H](O)[C@@H](O)[C@@H]4O)[C@@H](NC(C)=O)[C@H](OCCCCCC(=O)NCCNC(=O)COCCOCCOCCOC(=O)NCCNC(=O)CCCCCO[C@@H]4O[C@H](CO)[C@@H](O[C@@H]5O[C@H](CO)[C@H](O)[C@H](O[C@]6(C(=O)O)C[C@H](O)[C@@H](NC(C)=O)[C@H](C(O)C(O)CO)O6)[C@H]5O)[C@H](O[C@@H]5O[C@@H](C)[C@@H](O)[C@@H](O)[C@@H]5O)[C@H]4NC(C)=O)O[C@@H]3CO)[C@@H]2O)(C(=O)O)O[C@H]1C(O)C(O)CO. The smallest absolute Gasteiger partial charge is 0.407 e. The number of alkyl carbamates (subject to hydrolysis) is 1. The van der Waals surface area contributed by atoms with Crippen LogP contribution in [0, 0.1) is 0 Å². The normalized spacial score (nSPS) is 37.2. The highest BCUT2D eigenvalue weighted by Gasteiger charge is 2.65. The summed E-state index contributed by atoms with van der Waals surface area (Å²) in [5.41, 5.74) is 0. The number of carbonyl (C=O) groups excluding carboxylic acids is 8. The first-order chi connectivity index (χ1) is 70.7. The first-order valence-corrected chi connectivity index (χ1v) is 48.7. The van der Waals surface area contributed by atoms with E-state index in [4.69, 9.17) is 94.7 Å². The van der Waals surface area contributed by atoms with E-state index in [1.54, 1.807) is 0 Å². The van der Waals surface area contributed by atoms with Crippen molar-refractivity contribution in [2.45, 2.75) is 362 Å². The Morgan fingerprint density at radius 3 is 1.03 bits per heavy atom. The Labute approximate surface area is 851 Å². The highest BCUT2D eigenvalue weighted by molar-refractivity contribution is 5.79. The number of amides is 8. The summed E-state index contributed by atoms with van der Waals surface area (Å²) in [7, 11) is 0. The van der Waals surface area contributed by atoms with Gasteiger partial charge < -0.3 is 260 Å². The van der Waals surface area contributed by atoms with E-state index in [1.165, 1.54) is 13.8 Å². The van der Waals surface area contributed by atoms with Crippen LogP contribution in [-0.4, -0.2) is 564 Å². The van der Waals surface area contributed by atoms with E-state index in [1.807, 2.05) is 0 Å². The zero-order chi connectivity index (χ0) is 110. The highest BCUT2D eigenvalue weighted by Crippen LogP contribution is 2.44. The fourth-order valence-corrected chi connectivity index (χ4v) is 17.6. The molecule has 62 nitrogen and oxygen atoms in total. The van der Waals surface area contributed by atoms with E-state index >= 15 is 0 Å². The second-order valence-electron chi connectivity index (χ2n) is 36.8. The van der Waals surface area contributed by atoms with Gasteiger partial charge in [-0.3, -0.25) is 33.6 Å². The summed E-state index contributed by atoms with van der Waals surface area (Å²) in [6.07, 6.45) is -71.3. The zero-order valence-electron chi connectivity index (χ0n) is 82.6. The molecular formula is C87H148N8O54. The van der Waals surface area contributed by atoms with Gasteiger partial charge in [0.15, 0.2) is 37.7 Å². The third-order valence-electron chi connectivity index (χ3n) is 25.4. The summed E-state index contributed by atoms with van der Waals surface area (Å²) in [4.78, 5) is 127. The Morgan fingerprint density at radius 1 is 0.342 bits per heavy atom. The first-order valence-electron chi connectivity index (χ1n) is 48.7. The van der Waals surface area contributed by atoms with Crippen LogP contribution < -0.4 is 42.5 Å². The van der Waals surface area contributed by atoms with Crippen LogP contribution in [0.3, 0.4) is 0 Å². The van der Waals surface area contributed by atoms with Gasteiger partial charge in [0.2, 0.25) is 41.4 Å². The van der Waals surface area contributed by atoms with Crippen molar-refractivity contribution >= 4 is 59.4 Å². The van der Waals surface area contributed by atoms with Crippen molar-refractivity contribution in [2.24, 2.45) is 0 Å². The molecule has 0 aromatic heterocycles. The molecule has 0 radical (unpaired) electrons. The molecule has 8 heterocycles. The second kappa shape index (κ2) is 61.4. The van der Waals surface area contributed by atoms with Crippen molar-refractivity contribution in [2.75, 3.05) is 125 Å². The average Bonchev–Trinajstić information content (AvgIpc) is 0.748. The number of carbonyl (C=O) groups is 10. The van der Waals surface area contributed by atoms with Gasteiger partial charge in [-0.05, 0) is 39.5 Å². The van der Waals surface area contributed by atoms with Crippen LogP contribution in [-0.2, 0) is 138 Å². The predicted molar refractivity (Wildman–Crippen MR) is 481 cm³/mol. The van der Waals surface area contributed by atoms with Crippen molar-refractivity contribution in [1.82, 2.24) is 42.5 Å². The van der Waals surface area contributed by atoms with E-state index in [9.17, 15) is 171 Å². The topological polar surface area (TPSA) is 937 Å². The minimum Gasteiger partial charge on any atom is -0.477 e. The third-order valence-corrected chi connectivity index (χ3v) is 25.4. The molecule has 62 heteroatoms. The lowest BCUT2D eigenvalue weighted by Crippen LogP contribution is -2.71. The molecule has 4 unspecified atom stereocenters. The maximum Gasteiger partial charge on any atom is 0.407 e. The monoisotopic (exact) mass is 2170 g/mol. The minimum atomic E-state index is -3.20. The van der Waals surface area contributed by atoms with Crippen molar-refractivity contribution < 1.29 is 265 Å². The molecule has 860 valence electrons. The van der Waals surface area contributed by atoms with Crippen molar-refractivity contribution in [3.05, 3.63) is 0 Å². The number of unbranched alkanes of at least 4 members (excludes halogenated alkanes) is 4. The lowest BCUT2D eigenvalue weighted by molar-refractivity contribution is -0.391. The molecule has 0 spiro atoms. The molecule has 42 atom stereocenters. The van der Waals surface area contributed by atoms with Crippen molar-refractivity contribution in [3.8, 4) is 0 Å². The maximum atomic E-state index is 13.2. The van der Waals surface area contributed by atoms with Gasteiger partial charge in [-0.15, -0.1) is 0 Å². The molecule has 8 fully saturated rings. The number of nitrogens with one attached hydrogen (secondary N) is 8. The third kappa shape index (κ3) is 35.4. The van der Waals surface area contributed by atoms with Gasteiger partial charge in [0.1, 0.15) is 184 Å². The van der Waals surface area contributed by atoms with Gasteiger partial charge in [0.25, 0.3) is 11.6 Å². The van der Waals surface area contributed by atoms with Gasteiger partial charge in [-0.25, -0.2) is 14.4 Å². The number of aliphatic carboxylic acids is 2. The quantitative estimate of drug-likeness (QED) is 0.0251. The number of aliphatic hydroxyl groups is 22. The Balaban J connectivity index is 0.694. The molecule has 149 heavy (non-hydrogen) atoms. The van der Waals surface area contributed by atoms with Crippen molar-refractivity contribution in [3.63, 3.8) is 0 Å². The molecule has 8 amide bonds.